The number of amides is 2. The van der Waals surface area contributed by atoms with Crippen LogP contribution in [0.4, 0.5) is 10.5 Å². The van der Waals surface area contributed by atoms with Crippen molar-refractivity contribution < 1.29 is 14.7 Å². The average Bonchev–Trinajstić information content (AvgIpc) is 2.34. The molecule has 18 heavy (non-hydrogen) atoms. The average molecular weight is 248 g/mol. The lowest BCUT2D eigenvalue weighted by molar-refractivity contribution is -0.138. The minimum atomic E-state index is -0.823. The molecule has 1 aliphatic heterocycles. The van der Waals surface area contributed by atoms with Crippen molar-refractivity contribution in [1.29, 1.82) is 0 Å². The summed E-state index contributed by atoms with van der Waals surface area (Å²) in [5.41, 5.74) is 0.810. The van der Waals surface area contributed by atoms with Crippen LogP contribution < -0.4 is 4.90 Å². The van der Waals surface area contributed by atoms with E-state index < -0.39 is 5.97 Å². The van der Waals surface area contributed by atoms with Crippen LogP contribution in [0.3, 0.4) is 0 Å². The van der Waals surface area contributed by atoms with E-state index in [1.54, 1.807) is 16.8 Å². The summed E-state index contributed by atoms with van der Waals surface area (Å²) in [5, 5.41) is 8.85. The van der Waals surface area contributed by atoms with Gasteiger partial charge in [0.2, 0.25) is 0 Å². The monoisotopic (exact) mass is 248 g/mol. The maximum Gasteiger partial charge on any atom is 0.324 e. The van der Waals surface area contributed by atoms with E-state index in [0.29, 0.717) is 13.1 Å². The second-order valence-corrected chi connectivity index (χ2v) is 4.57. The van der Waals surface area contributed by atoms with Gasteiger partial charge in [-0.05, 0) is 12.1 Å². The van der Waals surface area contributed by atoms with Gasteiger partial charge in [0.15, 0.2) is 0 Å². The highest BCUT2D eigenvalue weighted by atomic mass is 16.4. The molecule has 2 rings (SSSR count). The molecule has 0 bridgehead atoms. The zero-order valence-corrected chi connectivity index (χ0v) is 10.2. The highest BCUT2D eigenvalue weighted by Crippen LogP contribution is 2.22. The van der Waals surface area contributed by atoms with Crippen molar-refractivity contribution in [2.45, 2.75) is 6.42 Å². The largest absolute Gasteiger partial charge is 0.481 e. The summed E-state index contributed by atoms with van der Waals surface area (Å²) in [6.07, 6.45) is 0.0843. The third-order valence-corrected chi connectivity index (χ3v) is 3.06. The predicted molar refractivity (Wildman–Crippen MR) is 67.6 cm³/mol. The number of benzene rings is 1. The highest BCUT2D eigenvalue weighted by Gasteiger charge is 2.31. The van der Waals surface area contributed by atoms with Gasteiger partial charge in [-0.2, -0.15) is 0 Å². The van der Waals surface area contributed by atoms with E-state index >= 15 is 0 Å². The molecule has 1 saturated heterocycles. The molecule has 5 nitrogen and oxygen atoms in total. The number of carboxylic acids is 1. The topological polar surface area (TPSA) is 60.9 Å². The normalized spacial score (nSPS) is 20.1. The molecule has 5 heteroatoms. The van der Waals surface area contributed by atoms with Crippen molar-refractivity contribution in [2.75, 3.05) is 25.0 Å². The maximum atomic E-state index is 12.1. The minimum Gasteiger partial charge on any atom is -0.481 e. The second kappa shape index (κ2) is 5.08. The second-order valence-electron chi connectivity index (χ2n) is 4.57. The van der Waals surface area contributed by atoms with E-state index in [4.69, 9.17) is 5.11 Å². The fraction of sp³-hybridized carbons (Fsp3) is 0.385. The van der Waals surface area contributed by atoms with E-state index in [-0.39, 0.29) is 18.4 Å². The first kappa shape index (κ1) is 12.4. The van der Waals surface area contributed by atoms with Crippen LogP contribution in [0.15, 0.2) is 30.3 Å². The van der Waals surface area contributed by atoms with E-state index in [1.165, 1.54) is 0 Å². The lowest BCUT2D eigenvalue weighted by atomic mass is 10.0. The first-order valence-electron chi connectivity index (χ1n) is 5.87. The molecular formula is C13H16N2O3. The molecule has 0 radical (unpaired) electrons. The molecule has 1 aromatic rings. The molecule has 1 heterocycles. The Morgan fingerprint density at radius 1 is 1.33 bits per heavy atom. The van der Waals surface area contributed by atoms with Gasteiger partial charge in [0, 0.05) is 31.7 Å². The number of para-hydroxylation sites is 1. The summed E-state index contributed by atoms with van der Waals surface area (Å²) in [4.78, 5) is 26.0. The van der Waals surface area contributed by atoms with E-state index in [2.05, 4.69) is 0 Å². The summed E-state index contributed by atoms with van der Waals surface area (Å²) < 4.78 is 0. The summed E-state index contributed by atoms with van der Waals surface area (Å²) >= 11 is 0. The Balaban J connectivity index is 2.18. The van der Waals surface area contributed by atoms with Gasteiger partial charge < -0.3 is 10.0 Å². The van der Waals surface area contributed by atoms with Crippen LogP contribution >= 0.6 is 0 Å². The minimum absolute atomic E-state index is 0.0367. The van der Waals surface area contributed by atoms with E-state index in [1.807, 2.05) is 30.3 Å². The number of hydrogen-bond acceptors (Lipinski definition) is 2. The highest BCUT2D eigenvalue weighted by molar-refractivity contribution is 5.92. The SMILES string of the molecule is CN1CC(CC(=O)O)CN(c2ccccc2)C1=O. The van der Waals surface area contributed by atoms with Gasteiger partial charge in [-0.1, -0.05) is 18.2 Å². The molecule has 1 unspecified atom stereocenters. The van der Waals surface area contributed by atoms with Crippen LogP contribution in [0.25, 0.3) is 0 Å². The Hall–Kier alpha value is -2.04. The molecule has 0 saturated carbocycles. The Morgan fingerprint density at radius 2 is 2.00 bits per heavy atom. The molecular weight excluding hydrogens is 232 g/mol. The number of carbonyl (C=O) groups is 2. The summed E-state index contributed by atoms with van der Waals surface area (Å²) in [7, 11) is 1.70. The molecule has 1 aromatic carbocycles. The van der Waals surface area contributed by atoms with Crippen molar-refractivity contribution in [2.24, 2.45) is 5.92 Å². The van der Waals surface area contributed by atoms with Gasteiger partial charge in [-0.15, -0.1) is 0 Å². The van der Waals surface area contributed by atoms with Gasteiger partial charge in [0.05, 0.1) is 6.42 Å². The summed E-state index contributed by atoms with van der Waals surface area (Å²) in [5.74, 6) is -0.860. The Bertz CT molecular complexity index is 447. The van der Waals surface area contributed by atoms with Gasteiger partial charge >= 0.3 is 12.0 Å². The molecule has 0 aliphatic carbocycles. The zero-order chi connectivity index (χ0) is 13.1. The van der Waals surface area contributed by atoms with Crippen LogP contribution in [-0.2, 0) is 4.79 Å². The first-order chi connectivity index (χ1) is 8.58. The fourth-order valence-corrected chi connectivity index (χ4v) is 2.27. The Labute approximate surface area is 106 Å². The standard InChI is InChI=1S/C13H16N2O3/c1-14-8-10(7-12(16)17)9-15(13(14)18)11-5-3-2-4-6-11/h2-6,10H,7-9H2,1H3,(H,16,17). The van der Waals surface area contributed by atoms with Crippen molar-refractivity contribution in [3.8, 4) is 0 Å². The predicted octanol–water partition coefficient (Wildman–Crippen LogP) is 1.65. The van der Waals surface area contributed by atoms with Crippen LogP contribution in [0.2, 0.25) is 0 Å². The quantitative estimate of drug-likeness (QED) is 0.884. The molecule has 1 aliphatic rings. The van der Waals surface area contributed by atoms with Crippen molar-refractivity contribution in [1.82, 2.24) is 4.90 Å². The number of anilines is 1. The third-order valence-electron chi connectivity index (χ3n) is 3.06. The van der Waals surface area contributed by atoms with Crippen molar-refractivity contribution in [3.63, 3.8) is 0 Å². The number of carbonyl (C=O) groups excluding carboxylic acids is 1. The molecule has 96 valence electrons. The smallest absolute Gasteiger partial charge is 0.324 e. The number of urea groups is 1. The lowest BCUT2D eigenvalue weighted by Gasteiger charge is -2.37. The summed E-state index contributed by atoms with van der Waals surface area (Å²) in [6, 6.07) is 9.25. The fourth-order valence-electron chi connectivity index (χ4n) is 2.27. The lowest BCUT2D eigenvalue weighted by Crippen LogP contribution is -2.52. The number of nitrogens with zero attached hydrogens (tertiary/aromatic N) is 2. The molecule has 0 spiro atoms. The van der Waals surface area contributed by atoms with Crippen LogP contribution in [0.1, 0.15) is 6.42 Å². The van der Waals surface area contributed by atoms with Crippen molar-refractivity contribution >= 4 is 17.7 Å². The van der Waals surface area contributed by atoms with Crippen LogP contribution in [-0.4, -0.2) is 42.1 Å². The summed E-state index contributed by atoms with van der Waals surface area (Å²) in [6.45, 7) is 0.952. The molecule has 1 fully saturated rings. The van der Waals surface area contributed by atoms with Crippen LogP contribution in [0, 0.1) is 5.92 Å². The number of rotatable bonds is 3. The first-order valence-corrected chi connectivity index (χ1v) is 5.87. The van der Waals surface area contributed by atoms with E-state index in [9.17, 15) is 9.59 Å². The van der Waals surface area contributed by atoms with Gasteiger partial charge in [-0.3, -0.25) is 9.69 Å². The maximum absolute atomic E-state index is 12.1. The molecule has 1 atom stereocenters. The third kappa shape index (κ3) is 2.61. The van der Waals surface area contributed by atoms with Gasteiger partial charge in [0.1, 0.15) is 0 Å². The number of carboxylic acid groups (broad SMARTS) is 1. The zero-order valence-electron chi connectivity index (χ0n) is 10.2. The Kier molecular flexibility index (Phi) is 3.50. The molecule has 0 aromatic heterocycles. The van der Waals surface area contributed by atoms with Gasteiger partial charge in [0.25, 0.3) is 0 Å². The Morgan fingerprint density at radius 3 is 2.61 bits per heavy atom. The van der Waals surface area contributed by atoms with E-state index in [0.717, 1.165) is 5.69 Å². The van der Waals surface area contributed by atoms with Gasteiger partial charge in [-0.25, -0.2) is 4.79 Å². The number of aliphatic carboxylic acids is 1. The molecule has 2 amide bonds. The van der Waals surface area contributed by atoms with Crippen molar-refractivity contribution in [3.05, 3.63) is 30.3 Å². The molecule has 1 N–H and O–H groups in total. The van der Waals surface area contributed by atoms with Crippen LogP contribution in [0.5, 0.6) is 0 Å². The number of hydrogen-bond donors (Lipinski definition) is 1.